The molecule has 1 N–H and O–H groups in total. The number of nitrogens with zero attached hydrogens (tertiary/aromatic N) is 3. The van der Waals surface area contributed by atoms with E-state index in [0.29, 0.717) is 27.4 Å². The second kappa shape index (κ2) is 6.77. The van der Waals surface area contributed by atoms with Crippen LogP contribution in [0.3, 0.4) is 0 Å². The summed E-state index contributed by atoms with van der Waals surface area (Å²) in [4.78, 5) is 30.0. The van der Waals surface area contributed by atoms with Crippen molar-refractivity contribution in [3.8, 4) is 0 Å². The molecular formula is C19H20N4O3S. The molecule has 8 heteroatoms. The number of thiophene rings is 1. The van der Waals surface area contributed by atoms with Gasteiger partial charge in [-0.2, -0.15) is 5.10 Å². The van der Waals surface area contributed by atoms with E-state index in [0.717, 1.165) is 24.2 Å². The Bertz CT molecular complexity index is 1030. The number of carbonyl (C=O) groups excluding carboxylic acids is 2. The van der Waals surface area contributed by atoms with Crippen LogP contribution in [0.1, 0.15) is 64.4 Å². The molecule has 1 aliphatic carbocycles. The number of hydrogen-bond donors (Lipinski definition) is 1. The molecule has 1 fully saturated rings. The summed E-state index contributed by atoms with van der Waals surface area (Å²) in [7, 11) is 1.32. The van der Waals surface area contributed by atoms with E-state index in [1.54, 1.807) is 17.6 Å². The molecule has 1 amide bonds. The van der Waals surface area contributed by atoms with Crippen molar-refractivity contribution in [3.05, 3.63) is 39.8 Å². The first-order chi connectivity index (χ1) is 13.0. The predicted octanol–water partition coefficient (Wildman–Crippen LogP) is 3.99. The van der Waals surface area contributed by atoms with E-state index in [1.165, 1.54) is 18.4 Å². The van der Waals surface area contributed by atoms with Crippen molar-refractivity contribution in [1.29, 1.82) is 0 Å². The van der Waals surface area contributed by atoms with Gasteiger partial charge < -0.3 is 10.1 Å². The van der Waals surface area contributed by atoms with Gasteiger partial charge in [-0.3, -0.25) is 4.79 Å². The van der Waals surface area contributed by atoms with Crippen molar-refractivity contribution in [2.45, 2.75) is 38.6 Å². The normalized spacial score (nSPS) is 13.9. The minimum Gasteiger partial charge on any atom is -0.465 e. The van der Waals surface area contributed by atoms with E-state index >= 15 is 0 Å². The second-order valence-corrected chi connectivity index (χ2v) is 7.81. The van der Waals surface area contributed by atoms with E-state index in [4.69, 9.17) is 9.72 Å². The Balaban J connectivity index is 1.75. The lowest BCUT2D eigenvalue weighted by atomic mass is 10.1. The number of hydrogen-bond acceptors (Lipinski definition) is 6. The highest BCUT2D eigenvalue weighted by molar-refractivity contribution is 7.12. The summed E-state index contributed by atoms with van der Waals surface area (Å²) in [6, 6.07) is 3.70. The van der Waals surface area contributed by atoms with E-state index in [9.17, 15) is 9.59 Å². The molecule has 0 unspecified atom stereocenters. The van der Waals surface area contributed by atoms with E-state index in [2.05, 4.69) is 10.4 Å². The molecule has 7 nitrogen and oxygen atoms in total. The minimum absolute atomic E-state index is 0.142. The topological polar surface area (TPSA) is 86.1 Å². The number of aromatic nitrogens is 3. The first kappa shape index (κ1) is 17.7. The van der Waals surface area contributed by atoms with Gasteiger partial charge in [-0.05, 0) is 44.2 Å². The highest BCUT2D eigenvalue weighted by Crippen LogP contribution is 2.40. The molecule has 0 radical (unpaired) electrons. The molecule has 0 bridgehead atoms. The van der Waals surface area contributed by atoms with Gasteiger partial charge in [0.05, 0.1) is 29.9 Å². The minimum atomic E-state index is -0.466. The van der Waals surface area contributed by atoms with Gasteiger partial charge in [0.25, 0.3) is 5.91 Å². The first-order valence-corrected chi connectivity index (χ1v) is 9.73. The van der Waals surface area contributed by atoms with Crippen molar-refractivity contribution in [1.82, 2.24) is 14.8 Å². The molecule has 0 aromatic carbocycles. The third-order valence-electron chi connectivity index (χ3n) is 4.60. The van der Waals surface area contributed by atoms with Crippen molar-refractivity contribution in [3.63, 3.8) is 0 Å². The summed E-state index contributed by atoms with van der Waals surface area (Å²) < 4.78 is 6.61. The summed E-state index contributed by atoms with van der Waals surface area (Å²) in [5, 5.41) is 9.72. The molecule has 0 spiro atoms. The molecule has 3 heterocycles. The molecule has 27 heavy (non-hydrogen) atoms. The van der Waals surface area contributed by atoms with E-state index in [1.807, 2.05) is 24.6 Å². The Morgan fingerprint density at radius 2 is 2.15 bits per heavy atom. The lowest BCUT2D eigenvalue weighted by Crippen LogP contribution is -2.15. The lowest BCUT2D eigenvalue weighted by Gasteiger charge is -2.11. The van der Waals surface area contributed by atoms with Crippen molar-refractivity contribution >= 4 is 39.9 Å². The molecule has 140 valence electrons. The Labute approximate surface area is 160 Å². The Morgan fingerprint density at radius 1 is 1.37 bits per heavy atom. The van der Waals surface area contributed by atoms with Gasteiger partial charge in [0.1, 0.15) is 4.88 Å². The number of nitrogens with one attached hydrogen (secondary N) is 1. The number of esters is 1. The van der Waals surface area contributed by atoms with Crippen molar-refractivity contribution in [2.75, 3.05) is 12.4 Å². The number of amides is 1. The number of anilines is 1. The zero-order chi connectivity index (χ0) is 19.1. The van der Waals surface area contributed by atoms with Gasteiger partial charge in [-0.25, -0.2) is 14.5 Å². The molecule has 1 saturated carbocycles. The van der Waals surface area contributed by atoms with Crippen LogP contribution in [0.2, 0.25) is 0 Å². The van der Waals surface area contributed by atoms with Crippen molar-refractivity contribution < 1.29 is 14.3 Å². The summed E-state index contributed by atoms with van der Waals surface area (Å²) in [6.07, 6.45) is 3.86. The quantitative estimate of drug-likeness (QED) is 0.672. The molecule has 0 atom stereocenters. The number of ether oxygens (including phenoxy) is 1. The maximum atomic E-state index is 13.0. The van der Waals surface area contributed by atoms with Gasteiger partial charge in [-0.15, -0.1) is 11.3 Å². The number of carbonyl (C=O) groups is 2. The summed E-state index contributed by atoms with van der Waals surface area (Å²) in [6.45, 7) is 4.07. The molecule has 1 aliphatic rings. The van der Waals surface area contributed by atoms with Crippen LogP contribution in [0.5, 0.6) is 0 Å². The molecule has 3 aromatic rings. The molecule has 4 rings (SSSR count). The number of pyridine rings is 1. The third-order valence-corrected chi connectivity index (χ3v) is 5.49. The lowest BCUT2D eigenvalue weighted by molar-refractivity contribution is 0.0607. The number of rotatable bonds is 5. The zero-order valence-electron chi connectivity index (χ0n) is 15.4. The van der Waals surface area contributed by atoms with Crippen LogP contribution in [0.4, 0.5) is 5.69 Å². The van der Waals surface area contributed by atoms with Gasteiger partial charge in [0.15, 0.2) is 5.65 Å². The Hall–Kier alpha value is -2.74. The Morgan fingerprint density at radius 3 is 2.81 bits per heavy atom. The van der Waals surface area contributed by atoms with Crippen LogP contribution in [0, 0.1) is 0 Å². The molecule has 0 aliphatic heterocycles. The first-order valence-electron chi connectivity index (χ1n) is 8.85. The average molecular weight is 384 g/mol. The van der Waals surface area contributed by atoms with Crippen LogP contribution in [-0.4, -0.2) is 33.8 Å². The standard InChI is InChI=1S/C19H20N4O3S/c1-10(2)23-17-13(9-20-23)12(8-15(21-17)11-4-5-11)18(24)22-14-6-7-27-16(14)19(25)26-3/h6-11H,4-5H2,1-3H3,(H,22,24). The van der Waals surface area contributed by atoms with Gasteiger partial charge in [0, 0.05) is 17.7 Å². The average Bonchev–Trinajstić information content (AvgIpc) is 3.25. The zero-order valence-corrected chi connectivity index (χ0v) is 16.2. The maximum absolute atomic E-state index is 13.0. The van der Waals surface area contributed by atoms with Gasteiger partial charge >= 0.3 is 5.97 Å². The van der Waals surface area contributed by atoms with Crippen LogP contribution >= 0.6 is 11.3 Å². The third kappa shape index (κ3) is 3.21. The number of fused-ring (bicyclic) bond motifs is 1. The van der Waals surface area contributed by atoms with E-state index < -0.39 is 5.97 Å². The highest BCUT2D eigenvalue weighted by Gasteiger charge is 2.28. The Kier molecular flexibility index (Phi) is 4.43. The maximum Gasteiger partial charge on any atom is 0.350 e. The fourth-order valence-electron chi connectivity index (χ4n) is 3.04. The molecule has 0 saturated heterocycles. The summed E-state index contributed by atoms with van der Waals surface area (Å²) in [5.41, 5.74) is 2.62. The van der Waals surface area contributed by atoms with Crippen LogP contribution < -0.4 is 5.32 Å². The van der Waals surface area contributed by atoms with Crippen LogP contribution in [-0.2, 0) is 4.74 Å². The largest absolute Gasteiger partial charge is 0.465 e. The van der Waals surface area contributed by atoms with Crippen molar-refractivity contribution in [2.24, 2.45) is 0 Å². The fraction of sp³-hybridized carbons (Fsp3) is 0.368. The van der Waals surface area contributed by atoms with Gasteiger partial charge in [0.2, 0.25) is 0 Å². The van der Waals surface area contributed by atoms with Gasteiger partial charge in [-0.1, -0.05) is 0 Å². The van der Waals surface area contributed by atoms with Crippen LogP contribution in [0.15, 0.2) is 23.7 Å². The fourth-order valence-corrected chi connectivity index (χ4v) is 3.81. The SMILES string of the molecule is COC(=O)c1sccc1NC(=O)c1cc(C2CC2)nc2c1cnn2C(C)C. The van der Waals surface area contributed by atoms with Crippen LogP contribution in [0.25, 0.3) is 11.0 Å². The summed E-state index contributed by atoms with van der Waals surface area (Å²) >= 11 is 1.23. The smallest absolute Gasteiger partial charge is 0.350 e. The highest BCUT2D eigenvalue weighted by atomic mass is 32.1. The predicted molar refractivity (Wildman–Crippen MR) is 103 cm³/mol. The number of methoxy groups -OCH3 is 1. The van der Waals surface area contributed by atoms with E-state index in [-0.39, 0.29) is 11.9 Å². The summed E-state index contributed by atoms with van der Waals surface area (Å²) in [5.74, 6) is -0.342. The monoisotopic (exact) mass is 384 g/mol. The molecule has 3 aromatic heterocycles. The molecular weight excluding hydrogens is 364 g/mol. The second-order valence-electron chi connectivity index (χ2n) is 6.90.